The zero-order valence-corrected chi connectivity index (χ0v) is 9.25. The molecule has 0 radical (unpaired) electrons. The molecule has 0 aliphatic heterocycles. The zero-order chi connectivity index (χ0) is 12.1. The van der Waals surface area contributed by atoms with Crippen LogP contribution in [0.1, 0.15) is 0 Å². The molecule has 0 unspecified atom stereocenters. The van der Waals surface area contributed by atoms with Gasteiger partial charge in [-0.1, -0.05) is 5.22 Å². The molecule has 1 aromatic rings. The van der Waals surface area contributed by atoms with Gasteiger partial charge in [-0.3, -0.25) is 15.1 Å². The summed E-state index contributed by atoms with van der Waals surface area (Å²) in [5.74, 6) is 0.441. The van der Waals surface area contributed by atoms with Gasteiger partial charge in [0.2, 0.25) is 0 Å². The van der Waals surface area contributed by atoms with Gasteiger partial charge < -0.3 is 4.74 Å². The van der Waals surface area contributed by atoms with Crippen LogP contribution in [0.2, 0.25) is 0 Å². The van der Waals surface area contributed by atoms with Crippen molar-refractivity contribution in [2.75, 3.05) is 21.2 Å². The van der Waals surface area contributed by atoms with Crippen LogP contribution in [0.25, 0.3) is 0 Å². The van der Waals surface area contributed by atoms with Gasteiger partial charge in [0.25, 0.3) is 5.69 Å². The fourth-order valence-corrected chi connectivity index (χ4v) is 1.01. The summed E-state index contributed by atoms with van der Waals surface area (Å²) in [6.45, 7) is 0. The SMILES string of the molecule is COc1ccc([N+](=O)[O-])cc1N=NN(C)C. The quantitative estimate of drug-likeness (QED) is 0.446. The minimum atomic E-state index is -0.492. The molecule has 0 saturated heterocycles. The van der Waals surface area contributed by atoms with E-state index >= 15 is 0 Å². The summed E-state index contributed by atoms with van der Waals surface area (Å²) < 4.78 is 5.02. The lowest BCUT2D eigenvalue weighted by molar-refractivity contribution is -0.384. The minimum absolute atomic E-state index is 0.0477. The molecule has 0 N–H and O–H groups in total. The number of ether oxygens (including phenoxy) is 1. The van der Waals surface area contributed by atoms with Crippen molar-refractivity contribution in [2.24, 2.45) is 10.3 Å². The maximum atomic E-state index is 10.6. The van der Waals surface area contributed by atoms with Crippen molar-refractivity contribution in [3.05, 3.63) is 28.3 Å². The lowest BCUT2D eigenvalue weighted by atomic mass is 10.2. The van der Waals surface area contributed by atoms with E-state index < -0.39 is 4.92 Å². The summed E-state index contributed by atoms with van der Waals surface area (Å²) in [7, 11) is 4.87. The normalized spacial score (nSPS) is 10.4. The van der Waals surface area contributed by atoms with Gasteiger partial charge in [-0.2, -0.15) is 0 Å². The number of non-ortho nitro benzene ring substituents is 1. The fourth-order valence-electron chi connectivity index (χ4n) is 1.01. The molecule has 0 spiro atoms. The van der Waals surface area contributed by atoms with E-state index in [2.05, 4.69) is 10.3 Å². The third kappa shape index (κ3) is 2.91. The van der Waals surface area contributed by atoms with Crippen molar-refractivity contribution in [3.63, 3.8) is 0 Å². The highest BCUT2D eigenvalue weighted by molar-refractivity contribution is 5.57. The molecule has 0 aromatic heterocycles. The van der Waals surface area contributed by atoms with Crippen LogP contribution in [0.15, 0.2) is 28.5 Å². The zero-order valence-electron chi connectivity index (χ0n) is 9.25. The van der Waals surface area contributed by atoms with E-state index in [0.717, 1.165) is 0 Å². The van der Waals surface area contributed by atoms with Crippen molar-refractivity contribution in [1.82, 2.24) is 5.01 Å². The second-order valence-corrected chi connectivity index (χ2v) is 3.15. The van der Waals surface area contributed by atoms with Crippen molar-refractivity contribution >= 4 is 11.4 Å². The molecule has 0 aliphatic rings. The Bertz CT molecular complexity index is 417. The van der Waals surface area contributed by atoms with Crippen LogP contribution < -0.4 is 4.74 Å². The summed E-state index contributed by atoms with van der Waals surface area (Å²) in [4.78, 5) is 10.1. The Hall–Kier alpha value is -2.18. The van der Waals surface area contributed by atoms with Gasteiger partial charge in [0.15, 0.2) is 0 Å². The first-order valence-corrected chi connectivity index (χ1v) is 4.46. The standard InChI is InChI=1S/C9H12N4O3/c1-12(2)11-10-8-6-7(13(14)15)4-5-9(8)16-3/h4-6H,1-3H3. The van der Waals surface area contributed by atoms with Crippen LogP contribution in [0.3, 0.4) is 0 Å². The average Bonchev–Trinajstić information content (AvgIpc) is 2.25. The number of nitro benzene ring substituents is 1. The number of nitro groups is 1. The maximum Gasteiger partial charge on any atom is 0.271 e. The summed E-state index contributed by atoms with van der Waals surface area (Å²) in [6, 6.07) is 4.15. The predicted octanol–water partition coefficient (Wildman–Crippen LogP) is 2.16. The maximum absolute atomic E-state index is 10.6. The number of methoxy groups -OCH3 is 1. The molecule has 0 aliphatic carbocycles. The van der Waals surface area contributed by atoms with Crippen LogP contribution in [-0.2, 0) is 0 Å². The first-order valence-electron chi connectivity index (χ1n) is 4.46. The van der Waals surface area contributed by atoms with E-state index in [0.29, 0.717) is 11.4 Å². The number of benzene rings is 1. The first kappa shape index (κ1) is 11.9. The number of nitrogens with zero attached hydrogens (tertiary/aromatic N) is 4. The molecule has 0 heterocycles. The first-order chi connectivity index (χ1) is 7.54. The Kier molecular flexibility index (Phi) is 3.76. The van der Waals surface area contributed by atoms with Gasteiger partial charge in [-0.15, -0.1) is 5.11 Å². The van der Waals surface area contributed by atoms with Crippen LogP contribution in [0.5, 0.6) is 5.75 Å². The molecule has 7 nitrogen and oxygen atoms in total. The van der Waals surface area contributed by atoms with Gasteiger partial charge in [0, 0.05) is 26.2 Å². The third-order valence-electron chi connectivity index (χ3n) is 1.70. The summed E-state index contributed by atoms with van der Waals surface area (Å²) in [5, 5.41) is 19.7. The van der Waals surface area contributed by atoms with Gasteiger partial charge in [0.1, 0.15) is 11.4 Å². The molecule has 1 aromatic carbocycles. The summed E-state index contributed by atoms with van der Waals surface area (Å²) in [5.41, 5.74) is 0.277. The topological polar surface area (TPSA) is 80.3 Å². The van der Waals surface area contributed by atoms with E-state index in [4.69, 9.17) is 4.74 Å². The summed E-state index contributed by atoms with van der Waals surface area (Å²) >= 11 is 0. The van der Waals surface area contributed by atoms with Gasteiger partial charge in [-0.05, 0) is 6.07 Å². The highest BCUT2D eigenvalue weighted by atomic mass is 16.6. The fraction of sp³-hybridized carbons (Fsp3) is 0.333. The average molecular weight is 224 g/mol. The van der Waals surface area contributed by atoms with Gasteiger partial charge >= 0.3 is 0 Å². The molecular formula is C9H12N4O3. The van der Waals surface area contributed by atoms with Crippen LogP contribution in [0, 0.1) is 10.1 Å². The van der Waals surface area contributed by atoms with E-state index in [1.165, 1.54) is 30.3 Å². The molecular weight excluding hydrogens is 212 g/mol. The van der Waals surface area contributed by atoms with E-state index in [1.54, 1.807) is 14.1 Å². The highest BCUT2D eigenvalue weighted by Crippen LogP contribution is 2.31. The Morgan fingerprint density at radius 2 is 2.12 bits per heavy atom. The second kappa shape index (κ2) is 5.06. The second-order valence-electron chi connectivity index (χ2n) is 3.15. The van der Waals surface area contributed by atoms with E-state index in [9.17, 15) is 10.1 Å². The molecule has 0 fully saturated rings. The Morgan fingerprint density at radius 3 is 2.62 bits per heavy atom. The monoisotopic (exact) mass is 224 g/mol. The van der Waals surface area contributed by atoms with Gasteiger partial charge in [-0.25, -0.2) is 0 Å². The molecule has 86 valence electrons. The smallest absolute Gasteiger partial charge is 0.271 e. The van der Waals surface area contributed by atoms with Crippen molar-refractivity contribution < 1.29 is 9.66 Å². The Labute approximate surface area is 92.5 Å². The number of hydrogen-bond donors (Lipinski definition) is 0. The highest BCUT2D eigenvalue weighted by Gasteiger charge is 2.10. The molecule has 0 atom stereocenters. The molecule has 0 bridgehead atoms. The van der Waals surface area contributed by atoms with Crippen molar-refractivity contribution in [3.8, 4) is 5.75 Å². The lowest BCUT2D eigenvalue weighted by Crippen LogP contribution is -1.99. The Morgan fingerprint density at radius 1 is 1.44 bits per heavy atom. The van der Waals surface area contributed by atoms with Gasteiger partial charge in [0.05, 0.1) is 12.0 Å². The minimum Gasteiger partial charge on any atom is -0.494 e. The van der Waals surface area contributed by atoms with Crippen LogP contribution >= 0.6 is 0 Å². The summed E-state index contributed by atoms with van der Waals surface area (Å²) in [6.07, 6.45) is 0. The molecule has 1 rings (SSSR count). The molecule has 0 saturated carbocycles. The third-order valence-corrected chi connectivity index (χ3v) is 1.70. The van der Waals surface area contributed by atoms with E-state index in [1.807, 2.05) is 0 Å². The molecule has 0 amide bonds. The predicted molar refractivity (Wildman–Crippen MR) is 57.9 cm³/mol. The van der Waals surface area contributed by atoms with Crippen LogP contribution in [0.4, 0.5) is 11.4 Å². The van der Waals surface area contributed by atoms with Crippen LogP contribution in [-0.4, -0.2) is 31.1 Å². The van der Waals surface area contributed by atoms with E-state index in [-0.39, 0.29) is 5.69 Å². The number of rotatable bonds is 4. The lowest BCUT2D eigenvalue weighted by Gasteiger charge is -2.04. The molecule has 16 heavy (non-hydrogen) atoms. The Balaban J connectivity index is 3.12. The molecule has 7 heteroatoms. The number of hydrogen-bond acceptors (Lipinski definition) is 5. The largest absolute Gasteiger partial charge is 0.494 e. The van der Waals surface area contributed by atoms with Crippen molar-refractivity contribution in [1.29, 1.82) is 0 Å². The van der Waals surface area contributed by atoms with Crippen molar-refractivity contribution in [2.45, 2.75) is 0 Å².